The number of benzene rings is 4. The van der Waals surface area contributed by atoms with E-state index in [2.05, 4.69) is 25.9 Å². The van der Waals surface area contributed by atoms with E-state index in [-0.39, 0.29) is 11.4 Å². The van der Waals surface area contributed by atoms with Crippen LogP contribution in [0.4, 0.5) is 27.7 Å². The van der Waals surface area contributed by atoms with Gasteiger partial charge < -0.3 is 20.4 Å². The third-order valence-corrected chi connectivity index (χ3v) is 6.85. The largest absolute Gasteiger partial charge is 0.437 e. The number of aromatic nitrogens is 2. The number of para-hydroxylation sites is 2. The van der Waals surface area contributed by atoms with Gasteiger partial charge in [0, 0.05) is 29.4 Å². The van der Waals surface area contributed by atoms with Crippen molar-refractivity contribution in [3.05, 3.63) is 131 Å². The average Bonchev–Trinajstić information content (AvgIpc) is 3.43. The molecule has 2 aromatic heterocycles. The summed E-state index contributed by atoms with van der Waals surface area (Å²) in [5, 5.41) is 20.7. The molecule has 0 bridgehead atoms. The number of nitro groups is 1. The van der Waals surface area contributed by atoms with Crippen LogP contribution in [-0.2, 0) is 6.42 Å². The first kappa shape index (κ1) is 27.2. The molecule has 0 radical (unpaired) electrons. The molecule has 10 heteroatoms. The Kier molecular flexibility index (Phi) is 7.72. The Morgan fingerprint density at radius 2 is 1.47 bits per heavy atom. The van der Waals surface area contributed by atoms with E-state index in [1.807, 2.05) is 72.8 Å². The second kappa shape index (κ2) is 12.2. The van der Waals surface area contributed by atoms with E-state index in [0.717, 1.165) is 33.4 Å². The van der Waals surface area contributed by atoms with Crippen LogP contribution in [0.3, 0.4) is 0 Å². The van der Waals surface area contributed by atoms with E-state index in [1.54, 1.807) is 24.3 Å². The number of carbonyl (C=O) groups excluding carboxylic acids is 1. The highest BCUT2D eigenvalue weighted by Gasteiger charge is 2.22. The lowest BCUT2D eigenvalue weighted by molar-refractivity contribution is -0.383. The fraction of sp³-hybridized carbons (Fsp3) is 0.0606. The molecule has 0 atom stereocenters. The fourth-order valence-electron chi connectivity index (χ4n) is 4.84. The number of hydrogen-bond acceptors (Lipinski definition) is 7. The predicted octanol–water partition coefficient (Wildman–Crippen LogP) is 7.76. The van der Waals surface area contributed by atoms with Crippen molar-refractivity contribution in [2.45, 2.75) is 6.42 Å². The standard InChI is InChI=1S/C33H26N6O4/c40-33(38-26-13-7-8-14-27(26)39(41)42)37-25-17-15-22(16-18-25)19-20-34-31-29-28(23-9-3-1-4-10-23)30(24-11-5-2-6-12-24)43-32(29)36-21-35-31/h1-18,21H,19-20H2,(H,34,35,36)(H2,37,38,40). The van der Waals surface area contributed by atoms with Crippen LogP contribution in [0, 0.1) is 10.1 Å². The molecule has 0 aliphatic carbocycles. The van der Waals surface area contributed by atoms with Gasteiger partial charge in [-0.05, 0) is 35.7 Å². The maximum absolute atomic E-state index is 12.4. The molecule has 43 heavy (non-hydrogen) atoms. The molecule has 2 amide bonds. The number of urea groups is 1. The van der Waals surface area contributed by atoms with Crippen molar-refractivity contribution in [1.82, 2.24) is 9.97 Å². The van der Waals surface area contributed by atoms with Crippen molar-refractivity contribution in [3.8, 4) is 22.5 Å². The third kappa shape index (κ3) is 6.03. The van der Waals surface area contributed by atoms with Gasteiger partial charge in [0.05, 0.1) is 10.3 Å². The van der Waals surface area contributed by atoms with Crippen LogP contribution < -0.4 is 16.0 Å². The first-order valence-corrected chi connectivity index (χ1v) is 13.6. The van der Waals surface area contributed by atoms with E-state index < -0.39 is 11.0 Å². The number of amides is 2. The topological polar surface area (TPSA) is 135 Å². The summed E-state index contributed by atoms with van der Waals surface area (Å²) >= 11 is 0. The zero-order valence-corrected chi connectivity index (χ0v) is 22.9. The van der Waals surface area contributed by atoms with Crippen LogP contribution in [0.15, 0.2) is 120 Å². The van der Waals surface area contributed by atoms with Crippen molar-refractivity contribution in [2.75, 3.05) is 22.5 Å². The normalized spacial score (nSPS) is 10.8. The Hall–Kier alpha value is -6.03. The number of nitrogens with one attached hydrogen (secondary N) is 3. The molecule has 0 saturated heterocycles. The zero-order chi connectivity index (χ0) is 29.6. The summed E-state index contributed by atoms with van der Waals surface area (Å²) in [5.41, 5.74) is 4.94. The summed E-state index contributed by atoms with van der Waals surface area (Å²) in [6, 6.07) is 32.8. The Bertz CT molecular complexity index is 1890. The minimum absolute atomic E-state index is 0.121. The number of fused-ring (bicyclic) bond motifs is 1. The second-order valence-electron chi connectivity index (χ2n) is 9.67. The van der Waals surface area contributed by atoms with Crippen molar-refractivity contribution < 1.29 is 14.1 Å². The van der Waals surface area contributed by atoms with Gasteiger partial charge in [-0.25, -0.2) is 14.8 Å². The van der Waals surface area contributed by atoms with E-state index >= 15 is 0 Å². The van der Waals surface area contributed by atoms with Gasteiger partial charge in [0.25, 0.3) is 5.69 Å². The van der Waals surface area contributed by atoms with Crippen molar-refractivity contribution in [1.29, 1.82) is 0 Å². The summed E-state index contributed by atoms with van der Waals surface area (Å²) < 4.78 is 6.28. The maximum Gasteiger partial charge on any atom is 0.323 e. The summed E-state index contributed by atoms with van der Waals surface area (Å²) in [7, 11) is 0. The van der Waals surface area contributed by atoms with E-state index in [9.17, 15) is 14.9 Å². The molecule has 0 aliphatic heterocycles. The highest BCUT2D eigenvalue weighted by molar-refractivity contribution is 6.06. The van der Waals surface area contributed by atoms with E-state index in [4.69, 9.17) is 4.42 Å². The van der Waals surface area contributed by atoms with Crippen LogP contribution in [0.5, 0.6) is 0 Å². The van der Waals surface area contributed by atoms with Crippen molar-refractivity contribution in [2.24, 2.45) is 0 Å². The molecule has 4 aromatic carbocycles. The predicted molar refractivity (Wildman–Crippen MR) is 167 cm³/mol. The molecule has 2 heterocycles. The molecule has 10 nitrogen and oxygen atoms in total. The number of nitrogens with zero attached hydrogens (tertiary/aromatic N) is 3. The molecule has 6 aromatic rings. The molecular formula is C33H26N6O4. The molecular weight excluding hydrogens is 544 g/mol. The van der Waals surface area contributed by atoms with Gasteiger partial charge in [-0.1, -0.05) is 84.9 Å². The highest BCUT2D eigenvalue weighted by Crippen LogP contribution is 2.42. The number of rotatable bonds is 9. The van der Waals surface area contributed by atoms with Crippen LogP contribution in [0.1, 0.15) is 5.56 Å². The molecule has 0 unspecified atom stereocenters. The van der Waals surface area contributed by atoms with Crippen LogP contribution in [0.25, 0.3) is 33.6 Å². The first-order valence-electron chi connectivity index (χ1n) is 13.6. The van der Waals surface area contributed by atoms with Gasteiger partial charge in [-0.2, -0.15) is 0 Å². The lowest BCUT2D eigenvalue weighted by Crippen LogP contribution is -2.20. The summed E-state index contributed by atoms with van der Waals surface area (Å²) in [6.07, 6.45) is 2.19. The molecule has 0 saturated carbocycles. The Morgan fingerprint density at radius 1 is 0.791 bits per heavy atom. The molecule has 212 valence electrons. The van der Waals surface area contributed by atoms with Gasteiger partial charge >= 0.3 is 6.03 Å². The third-order valence-electron chi connectivity index (χ3n) is 6.85. The van der Waals surface area contributed by atoms with Crippen molar-refractivity contribution >= 4 is 40.0 Å². The number of carbonyl (C=O) groups is 1. The summed E-state index contributed by atoms with van der Waals surface area (Å²) in [5.74, 6) is 1.42. The van der Waals surface area contributed by atoms with Crippen molar-refractivity contribution in [3.63, 3.8) is 0 Å². The van der Waals surface area contributed by atoms with Gasteiger partial charge in [-0.3, -0.25) is 10.1 Å². The molecule has 0 aliphatic rings. The van der Waals surface area contributed by atoms with Gasteiger partial charge in [0.1, 0.15) is 23.6 Å². The van der Waals surface area contributed by atoms with E-state index in [0.29, 0.717) is 30.2 Å². The summed E-state index contributed by atoms with van der Waals surface area (Å²) in [4.78, 5) is 32.1. The number of hydrogen-bond donors (Lipinski definition) is 3. The lowest BCUT2D eigenvalue weighted by atomic mass is 9.99. The Labute approximate surface area is 246 Å². The first-order chi connectivity index (χ1) is 21.1. The number of furan rings is 1. The van der Waals surface area contributed by atoms with E-state index in [1.165, 1.54) is 18.5 Å². The van der Waals surface area contributed by atoms with Gasteiger partial charge in [0.15, 0.2) is 0 Å². The average molecular weight is 571 g/mol. The second-order valence-corrected chi connectivity index (χ2v) is 9.67. The number of nitro benzene ring substituents is 1. The molecule has 0 fully saturated rings. The molecule has 0 spiro atoms. The quantitative estimate of drug-likeness (QED) is 0.119. The molecule has 6 rings (SSSR count). The monoisotopic (exact) mass is 570 g/mol. The number of anilines is 3. The van der Waals surface area contributed by atoms with Gasteiger partial charge in [-0.15, -0.1) is 0 Å². The van der Waals surface area contributed by atoms with Crippen LogP contribution in [0.2, 0.25) is 0 Å². The minimum atomic E-state index is -0.569. The Balaban J connectivity index is 1.15. The minimum Gasteiger partial charge on any atom is -0.437 e. The smallest absolute Gasteiger partial charge is 0.323 e. The fourth-order valence-corrected chi connectivity index (χ4v) is 4.84. The van der Waals surface area contributed by atoms with Gasteiger partial charge in [0.2, 0.25) is 5.71 Å². The lowest BCUT2D eigenvalue weighted by Gasteiger charge is -2.10. The summed E-state index contributed by atoms with van der Waals surface area (Å²) in [6.45, 7) is 0.594. The zero-order valence-electron chi connectivity index (χ0n) is 22.9. The van der Waals surface area contributed by atoms with Crippen LogP contribution >= 0.6 is 0 Å². The Morgan fingerprint density at radius 3 is 2.19 bits per heavy atom. The SMILES string of the molecule is O=C(Nc1ccc(CCNc2ncnc3oc(-c4ccccc4)c(-c4ccccc4)c23)cc1)Nc1ccccc1[N+](=O)[O-]. The highest BCUT2D eigenvalue weighted by atomic mass is 16.6. The maximum atomic E-state index is 12.4. The molecule has 3 N–H and O–H groups in total. The van der Waals surface area contributed by atoms with Crippen LogP contribution in [-0.4, -0.2) is 27.5 Å².